The van der Waals surface area contributed by atoms with Gasteiger partial charge in [-0.2, -0.15) is 5.26 Å². The molecule has 0 radical (unpaired) electrons. The number of amides is 1. The van der Waals surface area contributed by atoms with Crippen molar-refractivity contribution in [2.75, 3.05) is 27.2 Å². The summed E-state index contributed by atoms with van der Waals surface area (Å²) < 4.78 is 13.9. The molecule has 2 N–H and O–H groups in total. The Morgan fingerprint density at radius 3 is 2.69 bits per heavy atom. The molecule has 0 atom stereocenters. The number of halogens is 1. The van der Waals surface area contributed by atoms with Gasteiger partial charge in [0.15, 0.2) is 5.96 Å². The second-order valence-corrected chi connectivity index (χ2v) is 6.69. The number of hydrogen-bond acceptors (Lipinski definition) is 3. The third-order valence-corrected chi connectivity index (χ3v) is 4.21. The number of benzene rings is 2. The van der Waals surface area contributed by atoms with E-state index in [2.05, 4.69) is 15.6 Å². The van der Waals surface area contributed by atoms with Crippen molar-refractivity contribution in [3.8, 4) is 6.07 Å². The Morgan fingerprint density at radius 2 is 2.00 bits per heavy atom. The van der Waals surface area contributed by atoms with Crippen LogP contribution in [0.25, 0.3) is 0 Å². The zero-order valence-corrected chi connectivity index (χ0v) is 17.0. The molecule has 0 aliphatic heterocycles. The number of guanidine groups is 1. The lowest BCUT2D eigenvalue weighted by Gasteiger charge is -2.13. The molecule has 0 aliphatic rings. The molecule has 2 aromatic rings. The van der Waals surface area contributed by atoms with Gasteiger partial charge in [-0.25, -0.2) is 9.38 Å². The molecule has 1 amide bonds. The van der Waals surface area contributed by atoms with Crippen LogP contribution in [-0.2, 0) is 13.0 Å². The van der Waals surface area contributed by atoms with Crippen molar-refractivity contribution < 1.29 is 9.18 Å². The van der Waals surface area contributed by atoms with E-state index in [0.717, 1.165) is 5.56 Å². The van der Waals surface area contributed by atoms with E-state index in [1.54, 1.807) is 25.1 Å². The van der Waals surface area contributed by atoms with E-state index in [1.165, 1.54) is 18.2 Å². The van der Waals surface area contributed by atoms with Crippen LogP contribution in [0.1, 0.15) is 34.0 Å². The molecule has 0 unspecified atom stereocenters. The predicted octanol–water partition coefficient (Wildman–Crippen LogP) is 2.70. The summed E-state index contributed by atoms with van der Waals surface area (Å²) >= 11 is 0. The lowest BCUT2D eigenvalue weighted by atomic mass is 10.1. The van der Waals surface area contributed by atoms with Crippen molar-refractivity contribution in [1.29, 1.82) is 5.26 Å². The fourth-order valence-corrected chi connectivity index (χ4v) is 2.71. The van der Waals surface area contributed by atoms with Crippen LogP contribution in [0.2, 0.25) is 0 Å². The van der Waals surface area contributed by atoms with Gasteiger partial charge in [0.1, 0.15) is 5.82 Å². The van der Waals surface area contributed by atoms with E-state index in [-0.39, 0.29) is 18.3 Å². The van der Waals surface area contributed by atoms with E-state index >= 15 is 0 Å². The van der Waals surface area contributed by atoms with Gasteiger partial charge in [0.2, 0.25) is 0 Å². The Morgan fingerprint density at radius 1 is 1.21 bits per heavy atom. The predicted molar refractivity (Wildman–Crippen MR) is 112 cm³/mol. The molecule has 6 nitrogen and oxygen atoms in total. The molecule has 0 fully saturated rings. The van der Waals surface area contributed by atoms with E-state index < -0.39 is 0 Å². The standard InChI is InChI=1S/C22H26FN5O/c1-4-25-22(27-15-19-13-17(14-24)8-9-20(19)23)26-11-10-16-6-5-7-18(12-16)21(29)28(2)3/h5-9,12-13H,4,10-11,15H2,1-3H3,(H2,25,26,27). The Kier molecular flexibility index (Phi) is 8.16. The van der Waals surface area contributed by atoms with Gasteiger partial charge in [-0.05, 0) is 49.2 Å². The molecule has 152 valence electrons. The van der Waals surface area contributed by atoms with Gasteiger partial charge < -0.3 is 15.5 Å². The number of nitriles is 1. The molecule has 0 saturated heterocycles. The second kappa shape index (κ2) is 10.8. The first-order valence-electron chi connectivity index (χ1n) is 9.46. The highest BCUT2D eigenvalue weighted by molar-refractivity contribution is 5.94. The van der Waals surface area contributed by atoms with E-state index in [0.29, 0.717) is 42.2 Å². The third-order valence-electron chi connectivity index (χ3n) is 4.21. The van der Waals surface area contributed by atoms with Crippen molar-refractivity contribution in [1.82, 2.24) is 15.5 Å². The molecule has 0 aliphatic carbocycles. The minimum absolute atomic E-state index is 0.0312. The Labute approximate surface area is 171 Å². The zero-order chi connectivity index (χ0) is 21.2. The molecule has 2 rings (SSSR count). The topological polar surface area (TPSA) is 80.5 Å². The summed E-state index contributed by atoms with van der Waals surface area (Å²) in [7, 11) is 3.45. The molecule has 2 aromatic carbocycles. The summed E-state index contributed by atoms with van der Waals surface area (Å²) in [6.07, 6.45) is 0.706. The molecular weight excluding hydrogens is 369 g/mol. The summed E-state index contributed by atoms with van der Waals surface area (Å²) in [6, 6.07) is 13.8. The number of hydrogen-bond donors (Lipinski definition) is 2. The highest BCUT2D eigenvalue weighted by Gasteiger charge is 2.08. The summed E-state index contributed by atoms with van der Waals surface area (Å²) in [5.41, 5.74) is 2.47. The van der Waals surface area contributed by atoms with Gasteiger partial charge in [0.25, 0.3) is 5.91 Å². The van der Waals surface area contributed by atoms with Gasteiger partial charge in [0.05, 0.1) is 18.2 Å². The fourth-order valence-electron chi connectivity index (χ4n) is 2.71. The molecule has 0 heterocycles. The Bertz CT molecular complexity index is 918. The van der Waals surface area contributed by atoms with Crippen LogP contribution in [0.15, 0.2) is 47.5 Å². The number of aliphatic imine (C=N–C) groups is 1. The molecule has 0 bridgehead atoms. The van der Waals surface area contributed by atoms with Gasteiger partial charge in [-0.1, -0.05) is 12.1 Å². The van der Waals surface area contributed by atoms with Gasteiger partial charge in [-0.15, -0.1) is 0 Å². The molecule has 0 saturated carbocycles. The van der Waals surface area contributed by atoms with Crippen molar-refractivity contribution in [3.63, 3.8) is 0 Å². The highest BCUT2D eigenvalue weighted by Crippen LogP contribution is 2.11. The van der Waals surface area contributed by atoms with Crippen molar-refractivity contribution in [2.24, 2.45) is 4.99 Å². The number of carbonyl (C=O) groups excluding carboxylic acids is 1. The van der Waals surface area contributed by atoms with Gasteiger partial charge in [-0.3, -0.25) is 4.79 Å². The molecule has 0 spiro atoms. The van der Waals surface area contributed by atoms with Crippen LogP contribution in [0.5, 0.6) is 0 Å². The lowest BCUT2D eigenvalue weighted by molar-refractivity contribution is 0.0827. The SMILES string of the molecule is CCNC(=NCc1cc(C#N)ccc1F)NCCc1cccc(C(=O)N(C)C)c1. The highest BCUT2D eigenvalue weighted by atomic mass is 19.1. The van der Waals surface area contributed by atoms with Crippen LogP contribution >= 0.6 is 0 Å². The first-order chi connectivity index (χ1) is 13.9. The quantitative estimate of drug-likeness (QED) is 0.558. The smallest absolute Gasteiger partial charge is 0.253 e. The van der Waals surface area contributed by atoms with Crippen LogP contribution in [0.3, 0.4) is 0 Å². The largest absolute Gasteiger partial charge is 0.357 e. The zero-order valence-electron chi connectivity index (χ0n) is 17.0. The second-order valence-electron chi connectivity index (χ2n) is 6.69. The molecular formula is C22H26FN5O. The Hall–Kier alpha value is -3.40. The van der Waals surface area contributed by atoms with E-state index in [4.69, 9.17) is 5.26 Å². The minimum Gasteiger partial charge on any atom is -0.357 e. The Balaban J connectivity index is 1.99. The van der Waals surface area contributed by atoms with Crippen LogP contribution in [0.4, 0.5) is 4.39 Å². The maximum Gasteiger partial charge on any atom is 0.253 e. The number of nitrogens with zero attached hydrogens (tertiary/aromatic N) is 3. The molecule has 0 aromatic heterocycles. The summed E-state index contributed by atoms with van der Waals surface area (Å²) in [6.45, 7) is 3.35. The summed E-state index contributed by atoms with van der Waals surface area (Å²) in [4.78, 5) is 18.0. The first-order valence-corrected chi connectivity index (χ1v) is 9.46. The normalized spacial score (nSPS) is 10.9. The minimum atomic E-state index is -0.383. The number of carbonyl (C=O) groups is 1. The van der Waals surface area contributed by atoms with Crippen LogP contribution < -0.4 is 10.6 Å². The fraction of sp³-hybridized carbons (Fsp3) is 0.318. The summed E-state index contributed by atoms with van der Waals surface area (Å²) in [5.74, 6) is 0.150. The molecule has 29 heavy (non-hydrogen) atoms. The maximum atomic E-state index is 13.9. The number of nitrogens with one attached hydrogen (secondary N) is 2. The van der Waals surface area contributed by atoms with Crippen LogP contribution in [0, 0.1) is 17.1 Å². The summed E-state index contributed by atoms with van der Waals surface area (Å²) in [5, 5.41) is 15.3. The van der Waals surface area contributed by atoms with E-state index in [9.17, 15) is 9.18 Å². The van der Waals surface area contributed by atoms with Crippen molar-refractivity contribution in [3.05, 3.63) is 70.5 Å². The number of rotatable bonds is 7. The third kappa shape index (κ3) is 6.61. The van der Waals surface area contributed by atoms with Crippen molar-refractivity contribution in [2.45, 2.75) is 19.9 Å². The van der Waals surface area contributed by atoms with Crippen LogP contribution in [-0.4, -0.2) is 44.0 Å². The maximum absolute atomic E-state index is 13.9. The lowest BCUT2D eigenvalue weighted by Crippen LogP contribution is -2.38. The van der Waals surface area contributed by atoms with Crippen molar-refractivity contribution >= 4 is 11.9 Å². The first kappa shape index (κ1) is 21.9. The molecule has 7 heteroatoms. The van der Waals surface area contributed by atoms with Gasteiger partial charge >= 0.3 is 0 Å². The average Bonchev–Trinajstić information content (AvgIpc) is 2.72. The monoisotopic (exact) mass is 395 g/mol. The van der Waals surface area contributed by atoms with Gasteiger partial charge in [0, 0.05) is 38.3 Å². The van der Waals surface area contributed by atoms with E-state index in [1.807, 2.05) is 31.2 Å². The average molecular weight is 395 g/mol.